The van der Waals surface area contributed by atoms with E-state index >= 15 is 0 Å². The molecule has 0 aromatic heterocycles. The highest BCUT2D eigenvalue weighted by Gasteiger charge is 2.34. The fraction of sp³-hybridized carbons (Fsp3) is 0.938. The summed E-state index contributed by atoms with van der Waals surface area (Å²) in [6.45, 7) is 9.10. The molecule has 2 rings (SSSR count). The number of carbonyl (C=O) groups is 1. The number of hydrogen-bond donors (Lipinski definition) is 2. The molecule has 0 radical (unpaired) electrons. The Morgan fingerprint density at radius 2 is 1.71 bits per heavy atom. The summed E-state index contributed by atoms with van der Waals surface area (Å²) in [7, 11) is 0. The smallest absolute Gasteiger partial charge is 0.234 e. The lowest BCUT2D eigenvalue weighted by molar-refractivity contribution is -0.124. The molecule has 1 amide bonds. The van der Waals surface area contributed by atoms with E-state index in [9.17, 15) is 9.90 Å². The molecular weight excluding hydrogens is 266 g/mol. The molecule has 2 heterocycles. The zero-order valence-corrected chi connectivity index (χ0v) is 13.6. The Bertz CT molecular complexity index is 332. The Labute approximate surface area is 128 Å². The normalized spacial score (nSPS) is 24.2. The number of nitrogens with one attached hydrogen (secondary N) is 1. The van der Waals surface area contributed by atoms with Crippen molar-refractivity contribution in [3.05, 3.63) is 0 Å². The van der Waals surface area contributed by atoms with Gasteiger partial charge in [0.2, 0.25) is 5.91 Å². The zero-order valence-electron chi connectivity index (χ0n) is 13.6. The van der Waals surface area contributed by atoms with Crippen molar-refractivity contribution in [2.24, 2.45) is 0 Å². The second-order valence-corrected chi connectivity index (χ2v) is 7.06. The third-order valence-corrected chi connectivity index (χ3v) is 4.57. The number of rotatable bonds is 5. The van der Waals surface area contributed by atoms with Gasteiger partial charge in [-0.15, -0.1) is 0 Å². The fourth-order valence-electron chi connectivity index (χ4n) is 3.39. The molecule has 0 spiro atoms. The van der Waals surface area contributed by atoms with E-state index in [1.807, 2.05) is 13.8 Å². The lowest BCUT2D eigenvalue weighted by Crippen LogP contribution is -2.53. The minimum Gasteiger partial charge on any atom is -0.388 e. The molecule has 5 heteroatoms. The van der Waals surface area contributed by atoms with Gasteiger partial charge in [-0.3, -0.25) is 9.69 Å². The summed E-state index contributed by atoms with van der Waals surface area (Å²) in [5.41, 5.74) is -0.553. The maximum Gasteiger partial charge on any atom is 0.234 e. The molecule has 0 aromatic carbocycles. The van der Waals surface area contributed by atoms with E-state index in [-0.39, 0.29) is 11.9 Å². The van der Waals surface area contributed by atoms with Crippen LogP contribution < -0.4 is 5.32 Å². The Balaban J connectivity index is 1.72. The SMILES string of the molecule is CC(C)NC(=O)CN1CCC(O)(CN2CCCCC2)CC1. The van der Waals surface area contributed by atoms with Crippen LogP contribution in [0.15, 0.2) is 0 Å². The number of piperidine rings is 2. The van der Waals surface area contributed by atoms with E-state index in [0.29, 0.717) is 6.54 Å². The summed E-state index contributed by atoms with van der Waals surface area (Å²) in [5.74, 6) is 0.0893. The van der Waals surface area contributed by atoms with Gasteiger partial charge in [0.1, 0.15) is 0 Å². The monoisotopic (exact) mass is 297 g/mol. The van der Waals surface area contributed by atoms with Crippen LogP contribution in [-0.2, 0) is 4.79 Å². The molecule has 0 unspecified atom stereocenters. The van der Waals surface area contributed by atoms with Crippen LogP contribution in [0.5, 0.6) is 0 Å². The number of carbonyl (C=O) groups excluding carboxylic acids is 1. The third-order valence-electron chi connectivity index (χ3n) is 4.57. The van der Waals surface area contributed by atoms with Crippen LogP contribution in [0.1, 0.15) is 46.0 Å². The second kappa shape index (κ2) is 7.56. The van der Waals surface area contributed by atoms with Crippen LogP contribution in [-0.4, -0.2) is 71.7 Å². The van der Waals surface area contributed by atoms with E-state index in [0.717, 1.165) is 45.6 Å². The number of aliphatic hydroxyl groups is 1. The van der Waals surface area contributed by atoms with Crippen LogP contribution in [0.3, 0.4) is 0 Å². The van der Waals surface area contributed by atoms with Crippen molar-refractivity contribution in [2.75, 3.05) is 39.3 Å². The van der Waals surface area contributed by atoms with Crippen molar-refractivity contribution in [3.63, 3.8) is 0 Å². The summed E-state index contributed by atoms with van der Waals surface area (Å²) in [5, 5.41) is 13.7. The summed E-state index contributed by atoms with van der Waals surface area (Å²) < 4.78 is 0. The summed E-state index contributed by atoms with van der Waals surface area (Å²) >= 11 is 0. The van der Waals surface area contributed by atoms with Crippen molar-refractivity contribution < 1.29 is 9.90 Å². The third kappa shape index (κ3) is 5.57. The highest BCUT2D eigenvalue weighted by atomic mass is 16.3. The van der Waals surface area contributed by atoms with E-state index in [4.69, 9.17) is 0 Å². The van der Waals surface area contributed by atoms with Gasteiger partial charge in [0, 0.05) is 25.7 Å². The molecule has 2 N–H and O–H groups in total. The van der Waals surface area contributed by atoms with Crippen molar-refractivity contribution in [1.82, 2.24) is 15.1 Å². The largest absolute Gasteiger partial charge is 0.388 e. The Kier molecular flexibility index (Phi) is 6.02. The molecule has 2 fully saturated rings. The maximum absolute atomic E-state index is 11.8. The highest BCUT2D eigenvalue weighted by Crippen LogP contribution is 2.24. The van der Waals surface area contributed by atoms with E-state index in [2.05, 4.69) is 15.1 Å². The Morgan fingerprint density at radius 1 is 1.10 bits per heavy atom. The molecule has 21 heavy (non-hydrogen) atoms. The number of nitrogens with zero attached hydrogens (tertiary/aromatic N) is 2. The quantitative estimate of drug-likeness (QED) is 0.789. The molecule has 5 nitrogen and oxygen atoms in total. The van der Waals surface area contributed by atoms with Gasteiger partial charge in [-0.05, 0) is 52.6 Å². The average molecular weight is 297 g/mol. The summed E-state index contributed by atoms with van der Waals surface area (Å²) in [6.07, 6.45) is 5.40. The van der Waals surface area contributed by atoms with E-state index < -0.39 is 5.60 Å². The minimum atomic E-state index is -0.553. The van der Waals surface area contributed by atoms with Gasteiger partial charge < -0.3 is 15.3 Å². The van der Waals surface area contributed by atoms with Gasteiger partial charge in [0.05, 0.1) is 12.1 Å². The molecule has 0 aromatic rings. The molecule has 2 saturated heterocycles. The zero-order chi connectivity index (χ0) is 15.3. The van der Waals surface area contributed by atoms with Crippen LogP contribution in [0, 0.1) is 0 Å². The van der Waals surface area contributed by atoms with Gasteiger partial charge in [0.25, 0.3) is 0 Å². The topological polar surface area (TPSA) is 55.8 Å². The van der Waals surface area contributed by atoms with Crippen molar-refractivity contribution >= 4 is 5.91 Å². The summed E-state index contributed by atoms with van der Waals surface area (Å²) in [6, 6.07) is 0.193. The summed E-state index contributed by atoms with van der Waals surface area (Å²) in [4.78, 5) is 16.3. The fourth-order valence-corrected chi connectivity index (χ4v) is 3.39. The number of β-amino-alcohol motifs (C(OH)–C–C–N with tert-alkyl or cyclic N) is 1. The number of hydrogen-bond acceptors (Lipinski definition) is 4. The first-order valence-electron chi connectivity index (χ1n) is 8.43. The lowest BCUT2D eigenvalue weighted by Gasteiger charge is -2.41. The molecule has 0 saturated carbocycles. The minimum absolute atomic E-state index is 0.0893. The van der Waals surface area contributed by atoms with Crippen molar-refractivity contribution in [2.45, 2.75) is 57.6 Å². The maximum atomic E-state index is 11.8. The molecule has 0 aliphatic carbocycles. The predicted octanol–water partition coefficient (Wildman–Crippen LogP) is 0.824. The van der Waals surface area contributed by atoms with Crippen molar-refractivity contribution in [1.29, 1.82) is 0 Å². The van der Waals surface area contributed by atoms with Gasteiger partial charge in [-0.25, -0.2) is 0 Å². The first kappa shape index (κ1) is 16.7. The number of amides is 1. The Morgan fingerprint density at radius 3 is 2.29 bits per heavy atom. The molecular formula is C16H31N3O2. The molecule has 122 valence electrons. The standard InChI is InChI=1S/C16H31N3O2/c1-14(2)17-15(20)12-18-10-6-16(21,7-11-18)13-19-8-4-3-5-9-19/h14,21H,3-13H2,1-2H3,(H,17,20). The molecule has 2 aliphatic rings. The van der Waals surface area contributed by atoms with Crippen LogP contribution in [0.2, 0.25) is 0 Å². The van der Waals surface area contributed by atoms with Gasteiger partial charge in [-0.1, -0.05) is 6.42 Å². The second-order valence-electron chi connectivity index (χ2n) is 7.06. The average Bonchev–Trinajstić information content (AvgIpc) is 2.42. The molecule has 0 bridgehead atoms. The predicted molar refractivity (Wildman–Crippen MR) is 84.2 cm³/mol. The first-order chi connectivity index (χ1) is 9.97. The van der Waals surface area contributed by atoms with Crippen LogP contribution in [0.25, 0.3) is 0 Å². The van der Waals surface area contributed by atoms with Gasteiger partial charge in [0.15, 0.2) is 0 Å². The van der Waals surface area contributed by atoms with Crippen molar-refractivity contribution in [3.8, 4) is 0 Å². The molecule has 2 aliphatic heterocycles. The van der Waals surface area contributed by atoms with E-state index in [1.165, 1.54) is 19.3 Å². The molecule has 0 atom stereocenters. The highest BCUT2D eigenvalue weighted by molar-refractivity contribution is 5.78. The lowest BCUT2D eigenvalue weighted by atomic mass is 9.90. The van der Waals surface area contributed by atoms with Crippen LogP contribution >= 0.6 is 0 Å². The van der Waals surface area contributed by atoms with Gasteiger partial charge in [-0.2, -0.15) is 0 Å². The number of likely N-dealkylation sites (tertiary alicyclic amines) is 2. The van der Waals surface area contributed by atoms with Gasteiger partial charge >= 0.3 is 0 Å². The van der Waals surface area contributed by atoms with E-state index in [1.54, 1.807) is 0 Å². The Hall–Kier alpha value is -0.650. The van der Waals surface area contributed by atoms with Crippen LogP contribution in [0.4, 0.5) is 0 Å². The first-order valence-corrected chi connectivity index (χ1v) is 8.43.